The Labute approximate surface area is 80.3 Å². The largest absolute Gasteiger partial charge is 0.338 e. The number of nitrogens with two attached hydrogens (primary N) is 1. The predicted molar refractivity (Wildman–Crippen MR) is 53.2 cm³/mol. The molecule has 1 aliphatic carbocycles. The van der Waals surface area contributed by atoms with Gasteiger partial charge < -0.3 is 10.6 Å². The maximum Gasteiger partial charge on any atom is 0.223 e. The average molecular weight is 184 g/mol. The fourth-order valence-electron chi connectivity index (χ4n) is 1.50. The van der Waals surface area contributed by atoms with Gasteiger partial charge in [-0.25, -0.2) is 0 Å². The van der Waals surface area contributed by atoms with Gasteiger partial charge in [-0.3, -0.25) is 4.79 Å². The second-order valence-corrected chi connectivity index (χ2v) is 4.20. The summed E-state index contributed by atoms with van der Waals surface area (Å²) in [5.74, 6) is 0.731. The van der Waals surface area contributed by atoms with Crippen molar-refractivity contribution < 1.29 is 4.79 Å². The zero-order valence-electron chi connectivity index (χ0n) is 8.62. The van der Waals surface area contributed by atoms with Crippen molar-refractivity contribution in [3.05, 3.63) is 0 Å². The topological polar surface area (TPSA) is 46.3 Å². The number of hydrogen-bond acceptors (Lipinski definition) is 2. The third-order valence-electron chi connectivity index (χ3n) is 2.26. The molecule has 0 spiro atoms. The molecule has 1 aliphatic rings. The van der Waals surface area contributed by atoms with E-state index in [9.17, 15) is 4.79 Å². The maximum absolute atomic E-state index is 11.7. The standard InChI is InChI=1S/C10H20N2O/c1-8(2)7-10(13)12(6-5-11)9-3-4-9/h8-9H,3-7,11H2,1-2H3. The van der Waals surface area contributed by atoms with Crippen molar-refractivity contribution >= 4 is 5.91 Å². The highest BCUT2D eigenvalue weighted by Gasteiger charge is 2.31. The summed E-state index contributed by atoms with van der Waals surface area (Å²) in [7, 11) is 0. The monoisotopic (exact) mass is 184 g/mol. The van der Waals surface area contributed by atoms with Crippen LogP contribution in [0.3, 0.4) is 0 Å². The molecule has 0 aromatic heterocycles. The number of carbonyl (C=O) groups excluding carboxylic acids is 1. The van der Waals surface area contributed by atoms with E-state index in [1.807, 2.05) is 4.90 Å². The first-order valence-electron chi connectivity index (χ1n) is 5.14. The van der Waals surface area contributed by atoms with Crippen LogP contribution in [0.25, 0.3) is 0 Å². The van der Waals surface area contributed by atoms with E-state index in [-0.39, 0.29) is 5.91 Å². The van der Waals surface area contributed by atoms with E-state index in [0.29, 0.717) is 24.9 Å². The van der Waals surface area contributed by atoms with Gasteiger partial charge in [0.25, 0.3) is 0 Å². The summed E-state index contributed by atoms with van der Waals surface area (Å²) in [5.41, 5.74) is 5.47. The first kappa shape index (κ1) is 10.5. The molecule has 1 fully saturated rings. The summed E-state index contributed by atoms with van der Waals surface area (Å²) >= 11 is 0. The van der Waals surface area contributed by atoms with Crippen LogP contribution in [0.4, 0.5) is 0 Å². The third kappa shape index (κ3) is 3.35. The van der Waals surface area contributed by atoms with E-state index in [0.717, 1.165) is 6.54 Å². The zero-order valence-corrected chi connectivity index (χ0v) is 8.62. The molecule has 3 heteroatoms. The highest BCUT2D eigenvalue weighted by Crippen LogP contribution is 2.27. The first-order valence-corrected chi connectivity index (χ1v) is 5.14. The Balaban J connectivity index is 2.38. The van der Waals surface area contributed by atoms with Gasteiger partial charge in [0.2, 0.25) is 5.91 Å². The molecule has 1 rings (SSSR count). The summed E-state index contributed by atoms with van der Waals surface area (Å²) in [6, 6.07) is 0.509. The zero-order chi connectivity index (χ0) is 9.84. The molecule has 1 saturated carbocycles. The average Bonchev–Trinajstić information content (AvgIpc) is 2.81. The van der Waals surface area contributed by atoms with Crippen LogP contribution in [0.5, 0.6) is 0 Å². The van der Waals surface area contributed by atoms with Gasteiger partial charge >= 0.3 is 0 Å². The number of amides is 1. The van der Waals surface area contributed by atoms with E-state index in [4.69, 9.17) is 5.73 Å². The summed E-state index contributed by atoms with van der Waals surface area (Å²) in [5, 5.41) is 0. The Kier molecular flexibility index (Phi) is 3.72. The van der Waals surface area contributed by atoms with Crippen molar-refractivity contribution in [1.82, 2.24) is 4.90 Å². The van der Waals surface area contributed by atoms with Gasteiger partial charge in [0.05, 0.1) is 0 Å². The van der Waals surface area contributed by atoms with Crippen molar-refractivity contribution in [2.75, 3.05) is 13.1 Å². The lowest BCUT2D eigenvalue weighted by molar-refractivity contribution is -0.132. The van der Waals surface area contributed by atoms with E-state index >= 15 is 0 Å². The lowest BCUT2D eigenvalue weighted by Gasteiger charge is -2.22. The first-order chi connectivity index (χ1) is 6.15. The van der Waals surface area contributed by atoms with Crippen molar-refractivity contribution in [1.29, 1.82) is 0 Å². The SMILES string of the molecule is CC(C)CC(=O)N(CCN)C1CC1. The molecule has 0 heterocycles. The summed E-state index contributed by atoms with van der Waals surface area (Å²) < 4.78 is 0. The second kappa shape index (κ2) is 4.61. The fraction of sp³-hybridized carbons (Fsp3) is 0.900. The Morgan fingerprint density at radius 3 is 2.54 bits per heavy atom. The minimum atomic E-state index is 0.281. The minimum absolute atomic E-state index is 0.281. The quantitative estimate of drug-likeness (QED) is 0.692. The summed E-state index contributed by atoms with van der Waals surface area (Å²) in [6.45, 7) is 5.47. The normalized spacial score (nSPS) is 16.3. The maximum atomic E-state index is 11.7. The van der Waals surface area contributed by atoms with Crippen LogP contribution in [0.2, 0.25) is 0 Å². The van der Waals surface area contributed by atoms with E-state index in [1.54, 1.807) is 0 Å². The van der Waals surface area contributed by atoms with Gasteiger partial charge in [-0.2, -0.15) is 0 Å². The van der Waals surface area contributed by atoms with Crippen LogP contribution in [0, 0.1) is 5.92 Å². The van der Waals surface area contributed by atoms with Crippen molar-refractivity contribution in [2.45, 2.75) is 39.2 Å². The van der Waals surface area contributed by atoms with Gasteiger partial charge in [-0.15, -0.1) is 0 Å². The summed E-state index contributed by atoms with van der Waals surface area (Å²) in [6.07, 6.45) is 3.00. The smallest absolute Gasteiger partial charge is 0.223 e. The molecule has 2 N–H and O–H groups in total. The van der Waals surface area contributed by atoms with Crippen LogP contribution in [0.15, 0.2) is 0 Å². The molecule has 0 aromatic rings. The van der Waals surface area contributed by atoms with E-state index in [2.05, 4.69) is 13.8 Å². The molecule has 0 unspecified atom stereocenters. The molecule has 13 heavy (non-hydrogen) atoms. The number of carbonyl (C=O) groups is 1. The molecule has 0 bridgehead atoms. The van der Waals surface area contributed by atoms with Gasteiger partial charge in [-0.1, -0.05) is 13.8 Å². The van der Waals surface area contributed by atoms with E-state index < -0.39 is 0 Å². The van der Waals surface area contributed by atoms with Crippen molar-refractivity contribution in [2.24, 2.45) is 11.7 Å². The van der Waals surface area contributed by atoms with Crippen LogP contribution in [0.1, 0.15) is 33.1 Å². The summed E-state index contributed by atoms with van der Waals surface area (Å²) in [4.78, 5) is 13.7. The predicted octanol–water partition coefficient (Wildman–Crippen LogP) is 0.982. The molecule has 3 nitrogen and oxygen atoms in total. The lowest BCUT2D eigenvalue weighted by Crippen LogP contribution is -2.37. The molecule has 0 aromatic carbocycles. The highest BCUT2D eigenvalue weighted by atomic mass is 16.2. The minimum Gasteiger partial charge on any atom is -0.338 e. The second-order valence-electron chi connectivity index (χ2n) is 4.20. The molecule has 1 amide bonds. The van der Waals surface area contributed by atoms with Gasteiger partial charge in [0, 0.05) is 25.6 Å². The van der Waals surface area contributed by atoms with Gasteiger partial charge in [0.1, 0.15) is 0 Å². The molecule has 76 valence electrons. The fourth-order valence-corrected chi connectivity index (χ4v) is 1.50. The van der Waals surface area contributed by atoms with Gasteiger partial charge in [0.15, 0.2) is 0 Å². The Bertz CT molecular complexity index is 176. The molecule has 0 radical (unpaired) electrons. The van der Waals surface area contributed by atoms with Crippen LogP contribution in [-0.4, -0.2) is 29.9 Å². The molecular weight excluding hydrogens is 164 g/mol. The Hall–Kier alpha value is -0.570. The molecule has 0 atom stereocenters. The van der Waals surface area contributed by atoms with E-state index in [1.165, 1.54) is 12.8 Å². The number of rotatable bonds is 5. The Morgan fingerprint density at radius 2 is 2.15 bits per heavy atom. The van der Waals surface area contributed by atoms with Gasteiger partial charge in [-0.05, 0) is 18.8 Å². The van der Waals surface area contributed by atoms with Crippen LogP contribution in [-0.2, 0) is 4.79 Å². The lowest BCUT2D eigenvalue weighted by atomic mass is 10.1. The molecule has 0 aliphatic heterocycles. The van der Waals surface area contributed by atoms with Crippen molar-refractivity contribution in [3.63, 3.8) is 0 Å². The van der Waals surface area contributed by atoms with Crippen molar-refractivity contribution in [3.8, 4) is 0 Å². The van der Waals surface area contributed by atoms with Crippen LogP contribution >= 0.6 is 0 Å². The molecule has 0 saturated heterocycles. The number of hydrogen-bond donors (Lipinski definition) is 1. The Morgan fingerprint density at radius 1 is 1.54 bits per heavy atom. The highest BCUT2D eigenvalue weighted by molar-refractivity contribution is 5.77. The molecular formula is C10H20N2O. The third-order valence-corrected chi connectivity index (χ3v) is 2.26. The number of nitrogens with zero attached hydrogens (tertiary/aromatic N) is 1. The van der Waals surface area contributed by atoms with Crippen LogP contribution < -0.4 is 5.73 Å².